The van der Waals surface area contributed by atoms with E-state index in [1.807, 2.05) is 0 Å². The van der Waals surface area contributed by atoms with Crippen molar-refractivity contribution in [3.05, 3.63) is 42.5 Å². The van der Waals surface area contributed by atoms with Gasteiger partial charge < -0.3 is 9.47 Å². The van der Waals surface area contributed by atoms with E-state index >= 15 is 0 Å². The molecular weight excluding hydrogens is 368 g/mol. The second-order valence-corrected chi connectivity index (χ2v) is 9.06. The average Bonchev–Trinajstić information content (AvgIpc) is 3.01. The normalized spacial score (nSPS) is 13.5. The van der Waals surface area contributed by atoms with Gasteiger partial charge in [-0.15, -0.1) is 0 Å². The van der Waals surface area contributed by atoms with E-state index in [-0.39, 0.29) is 23.1 Å². The topological polar surface area (TPSA) is 102 Å². The second kappa shape index (κ2) is 6.12. The van der Waals surface area contributed by atoms with Crippen LogP contribution in [-0.2, 0) is 20.0 Å². The first kappa shape index (κ1) is 17.4. The fourth-order valence-electron chi connectivity index (χ4n) is 2.26. The van der Waals surface area contributed by atoms with Gasteiger partial charge in [0.25, 0.3) is 10.0 Å². The molecular formula is C15H16N2O6S2. The highest BCUT2D eigenvalue weighted by molar-refractivity contribution is 7.93. The zero-order valence-electron chi connectivity index (χ0n) is 13.5. The molecule has 134 valence electrons. The van der Waals surface area contributed by atoms with Gasteiger partial charge in [0.2, 0.25) is 16.8 Å². The predicted octanol–water partition coefficient (Wildman–Crippen LogP) is 1.61. The number of hydrogen-bond donors (Lipinski definition) is 1. The monoisotopic (exact) mass is 384 g/mol. The van der Waals surface area contributed by atoms with Crippen LogP contribution >= 0.6 is 0 Å². The maximum absolute atomic E-state index is 12.7. The summed E-state index contributed by atoms with van der Waals surface area (Å²) >= 11 is 0. The molecule has 0 saturated carbocycles. The first-order valence-corrected chi connectivity index (χ1v) is 10.5. The molecule has 0 saturated heterocycles. The largest absolute Gasteiger partial charge is 0.454 e. The second-order valence-electron chi connectivity index (χ2n) is 5.37. The third kappa shape index (κ3) is 3.49. The molecule has 8 nitrogen and oxygen atoms in total. The molecule has 0 fully saturated rings. The minimum absolute atomic E-state index is 0.0199. The van der Waals surface area contributed by atoms with Crippen molar-refractivity contribution < 1.29 is 26.3 Å². The number of ether oxygens (including phenoxy) is 2. The third-order valence-corrected chi connectivity index (χ3v) is 6.19. The molecule has 10 heteroatoms. The van der Waals surface area contributed by atoms with E-state index in [2.05, 4.69) is 4.72 Å². The van der Waals surface area contributed by atoms with Crippen molar-refractivity contribution in [2.24, 2.45) is 0 Å². The summed E-state index contributed by atoms with van der Waals surface area (Å²) in [6, 6.07) is 10.5. The minimum Gasteiger partial charge on any atom is -0.454 e. The van der Waals surface area contributed by atoms with Gasteiger partial charge in [0.1, 0.15) is 0 Å². The van der Waals surface area contributed by atoms with Crippen molar-refractivity contribution in [1.82, 2.24) is 0 Å². The Balaban J connectivity index is 1.97. The van der Waals surface area contributed by atoms with Crippen LogP contribution in [0.2, 0.25) is 0 Å². The molecule has 1 aliphatic heterocycles. The van der Waals surface area contributed by atoms with Crippen molar-refractivity contribution in [3.8, 4) is 11.5 Å². The van der Waals surface area contributed by atoms with Crippen LogP contribution < -0.4 is 18.5 Å². The van der Waals surface area contributed by atoms with E-state index in [1.54, 1.807) is 12.1 Å². The van der Waals surface area contributed by atoms with Crippen molar-refractivity contribution in [2.45, 2.75) is 4.90 Å². The van der Waals surface area contributed by atoms with Gasteiger partial charge in [0.15, 0.2) is 11.5 Å². The molecule has 0 radical (unpaired) electrons. The van der Waals surface area contributed by atoms with Gasteiger partial charge in [-0.25, -0.2) is 16.8 Å². The lowest BCUT2D eigenvalue weighted by molar-refractivity contribution is 0.174. The first-order valence-electron chi connectivity index (χ1n) is 7.14. The van der Waals surface area contributed by atoms with Crippen LogP contribution in [0.4, 0.5) is 11.4 Å². The molecule has 0 aromatic heterocycles. The molecule has 1 heterocycles. The van der Waals surface area contributed by atoms with Gasteiger partial charge in [-0.1, -0.05) is 12.1 Å². The Morgan fingerprint density at radius 1 is 1.00 bits per heavy atom. The van der Waals surface area contributed by atoms with Gasteiger partial charge in [-0.3, -0.25) is 9.03 Å². The molecule has 3 rings (SSSR count). The van der Waals surface area contributed by atoms with Crippen molar-refractivity contribution in [1.29, 1.82) is 0 Å². The molecule has 2 aromatic rings. The number of sulfonamides is 2. The SMILES string of the molecule is CN(c1ccccc1NS(=O)(=O)c1ccc2c(c1)OCO2)S(C)(=O)=O. The zero-order chi connectivity index (χ0) is 18.2. The zero-order valence-corrected chi connectivity index (χ0v) is 15.1. The van der Waals surface area contributed by atoms with Crippen LogP contribution in [0.25, 0.3) is 0 Å². The number of rotatable bonds is 5. The van der Waals surface area contributed by atoms with Gasteiger partial charge >= 0.3 is 0 Å². The molecule has 1 N–H and O–H groups in total. The van der Waals surface area contributed by atoms with E-state index in [0.29, 0.717) is 11.5 Å². The van der Waals surface area contributed by atoms with E-state index < -0.39 is 20.0 Å². The van der Waals surface area contributed by atoms with Crippen LogP contribution in [0, 0.1) is 0 Å². The summed E-state index contributed by atoms with van der Waals surface area (Å²) in [6.07, 6.45) is 1.04. The molecule has 0 aliphatic carbocycles. The summed E-state index contributed by atoms with van der Waals surface area (Å²) in [6.45, 7) is 0.0360. The standard InChI is InChI=1S/C15H16N2O6S2/c1-17(24(2,18)19)13-6-4-3-5-12(13)16-25(20,21)11-7-8-14-15(9-11)23-10-22-14/h3-9,16H,10H2,1-2H3. The highest BCUT2D eigenvalue weighted by atomic mass is 32.2. The Bertz CT molecular complexity index is 1020. The van der Waals surface area contributed by atoms with Crippen LogP contribution in [-0.4, -0.2) is 36.9 Å². The lowest BCUT2D eigenvalue weighted by Gasteiger charge is -2.20. The molecule has 1 aliphatic rings. The summed E-state index contributed by atoms with van der Waals surface area (Å²) in [4.78, 5) is -0.0199. The van der Waals surface area contributed by atoms with Crippen LogP contribution in [0.3, 0.4) is 0 Å². The van der Waals surface area contributed by atoms with Crippen molar-refractivity contribution in [2.75, 3.05) is 29.1 Å². The molecule has 0 amide bonds. The Morgan fingerprint density at radius 3 is 2.40 bits per heavy atom. The summed E-state index contributed by atoms with van der Waals surface area (Å²) in [7, 11) is -6.14. The summed E-state index contributed by atoms with van der Waals surface area (Å²) in [5, 5.41) is 0. The lowest BCUT2D eigenvalue weighted by atomic mass is 10.3. The maximum Gasteiger partial charge on any atom is 0.262 e. The van der Waals surface area contributed by atoms with Gasteiger partial charge in [-0.05, 0) is 24.3 Å². The van der Waals surface area contributed by atoms with Gasteiger partial charge in [-0.2, -0.15) is 0 Å². The lowest BCUT2D eigenvalue weighted by Crippen LogP contribution is -2.26. The Hall–Kier alpha value is -2.46. The fraction of sp³-hybridized carbons (Fsp3) is 0.200. The highest BCUT2D eigenvalue weighted by Gasteiger charge is 2.23. The molecule has 2 aromatic carbocycles. The van der Waals surface area contributed by atoms with Crippen molar-refractivity contribution in [3.63, 3.8) is 0 Å². The Labute approximate surface area is 146 Å². The minimum atomic E-state index is -3.94. The van der Waals surface area contributed by atoms with Crippen molar-refractivity contribution >= 4 is 31.4 Å². The van der Waals surface area contributed by atoms with Crippen LogP contribution in [0.15, 0.2) is 47.4 Å². The van der Waals surface area contributed by atoms with E-state index in [1.165, 1.54) is 37.4 Å². The number of nitrogens with zero attached hydrogens (tertiary/aromatic N) is 1. The summed E-state index contributed by atoms with van der Waals surface area (Å²) < 4.78 is 62.6. The molecule has 0 atom stereocenters. The maximum atomic E-state index is 12.7. The molecule has 0 spiro atoms. The first-order chi connectivity index (χ1) is 11.7. The number of anilines is 2. The third-order valence-electron chi connectivity index (χ3n) is 3.64. The fourth-order valence-corrected chi connectivity index (χ4v) is 3.87. The number of para-hydroxylation sites is 2. The van der Waals surface area contributed by atoms with E-state index in [9.17, 15) is 16.8 Å². The van der Waals surface area contributed by atoms with Crippen LogP contribution in [0.1, 0.15) is 0 Å². The highest BCUT2D eigenvalue weighted by Crippen LogP contribution is 2.35. The number of nitrogens with one attached hydrogen (secondary N) is 1. The Morgan fingerprint density at radius 2 is 1.68 bits per heavy atom. The van der Waals surface area contributed by atoms with Crippen LogP contribution in [0.5, 0.6) is 11.5 Å². The molecule has 25 heavy (non-hydrogen) atoms. The number of benzene rings is 2. The van der Waals surface area contributed by atoms with Gasteiger partial charge in [0, 0.05) is 13.1 Å². The van der Waals surface area contributed by atoms with E-state index in [0.717, 1.165) is 10.6 Å². The Kier molecular flexibility index (Phi) is 4.25. The summed E-state index contributed by atoms with van der Waals surface area (Å²) in [5.41, 5.74) is 0.363. The summed E-state index contributed by atoms with van der Waals surface area (Å²) in [5.74, 6) is 0.806. The van der Waals surface area contributed by atoms with E-state index in [4.69, 9.17) is 9.47 Å². The van der Waals surface area contributed by atoms with Gasteiger partial charge in [0.05, 0.1) is 22.5 Å². The number of hydrogen-bond acceptors (Lipinski definition) is 6. The smallest absolute Gasteiger partial charge is 0.262 e. The average molecular weight is 384 g/mol. The molecule has 0 bridgehead atoms. The molecule has 0 unspecified atom stereocenters. The predicted molar refractivity (Wildman–Crippen MR) is 93.1 cm³/mol. The number of fused-ring (bicyclic) bond motifs is 1. The quantitative estimate of drug-likeness (QED) is 0.840.